The fourth-order valence-corrected chi connectivity index (χ4v) is 5.88. The van der Waals surface area contributed by atoms with Crippen LogP contribution in [0, 0.1) is 0 Å². The summed E-state index contributed by atoms with van der Waals surface area (Å²) in [5.74, 6) is 0.444. The van der Waals surface area contributed by atoms with Crippen LogP contribution in [-0.4, -0.2) is 95.4 Å². The van der Waals surface area contributed by atoms with Gasteiger partial charge in [0.25, 0.3) is 0 Å². The highest BCUT2D eigenvalue weighted by Gasteiger charge is 2.51. The molecule has 0 amide bonds. The van der Waals surface area contributed by atoms with Crippen LogP contribution >= 0.6 is 19.2 Å². The number of rotatable bonds is 10. The van der Waals surface area contributed by atoms with Crippen molar-refractivity contribution in [3.8, 4) is 0 Å². The number of methoxy groups -OCH3 is 1. The maximum Gasteiger partial charge on any atom is 0.361 e. The van der Waals surface area contributed by atoms with E-state index in [1.807, 2.05) is 12.1 Å². The maximum atomic E-state index is 12.0. The fraction of sp³-hybridized carbons (Fsp3) is 0.522. The highest BCUT2D eigenvalue weighted by molar-refractivity contribution is 7.53. The average molecular weight is 586 g/mol. The first-order chi connectivity index (χ1) is 18.6. The van der Waals surface area contributed by atoms with Crippen LogP contribution in [0.25, 0.3) is 11.0 Å². The molecule has 5 rings (SSSR count). The number of anilines is 1. The standard InChI is InChI=1S/C23H29ClN5O9P/c1-36-11-23(10-30,39(33,34)35)37-9-16-17(31)18(32)21(38-16)29-20-14(8-25-29)19(27-22(24)28-20)26-15-7-6-12-4-2-3-5-13(12)15/h2-5,8,15-18,21,30-32H,6-7,9-11H2,1H3,(H,26,27,28)(H2,33,34,35)/t15-,16-,17-,18-,21-,23?/m1/s1. The Kier molecular flexibility index (Phi) is 7.97. The van der Waals surface area contributed by atoms with Crippen LogP contribution in [0.2, 0.25) is 5.28 Å². The molecule has 1 fully saturated rings. The van der Waals surface area contributed by atoms with Crippen LogP contribution < -0.4 is 5.32 Å². The summed E-state index contributed by atoms with van der Waals surface area (Å²) in [6.07, 6.45) is -2.22. The monoisotopic (exact) mass is 585 g/mol. The zero-order chi connectivity index (χ0) is 27.9. The van der Waals surface area contributed by atoms with E-state index in [2.05, 4.69) is 32.5 Å². The van der Waals surface area contributed by atoms with Gasteiger partial charge in [0.15, 0.2) is 11.9 Å². The third-order valence-corrected chi connectivity index (χ3v) is 8.74. The molecule has 1 unspecified atom stereocenters. The molecule has 6 N–H and O–H groups in total. The molecule has 6 atom stereocenters. The second-order valence-corrected chi connectivity index (χ2v) is 11.8. The number of halogens is 1. The van der Waals surface area contributed by atoms with Gasteiger partial charge in [0.05, 0.1) is 37.4 Å². The number of aliphatic hydroxyl groups is 3. The molecule has 1 aliphatic heterocycles. The molecular weight excluding hydrogens is 557 g/mol. The van der Waals surface area contributed by atoms with E-state index in [0.29, 0.717) is 11.2 Å². The third-order valence-electron chi connectivity index (χ3n) is 7.11. The van der Waals surface area contributed by atoms with E-state index in [4.69, 9.17) is 25.8 Å². The van der Waals surface area contributed by atoms with Crippen LogP contribution in [0.5, 0.6) is 0 Å². The minimum absolute atomic E-state index is 0.00306. The van der Waals surface area contributed by atoms with E-state index >= 15 is 0 Å². The molecule has 0 saturated carbocycles. The molecule has 0 spiro atoms. The molecule has 0 radical (unpaired) electrons. The van der Waals surface area contributed by atoms with Gasteiger partial charge in [0.1, 0.15) is 24.1 Å². The number of aromatic nitrogens is 4. The van der Waals surface area contributed by atoms with Gasteiger partial charge in [-0.3, -0.25) is 4.57 Å². The Morgan fingerprint density at radius 1 is 1.26 bits per heavy atom. The topological polar surface area (TPSA) is 202 Å². The minimum atomic E-state index is -5.01. The summed E-state index contributed by atoms with van der Waals surface area (Å²) in [7, 11) is -3.82. The van der Waals surface area contributed by atoms with Gasteiger partial charge in [-0.1, -0.05) is 24.3 Å². The average Bonchev–Trinajstić information content (AvgIpc) is 3.58. The summed E-state index contributed by atoms with van der Waals surface area (Å²) in [4.78, 5) is 28.1. The lowest BCUT2D eigenvalue weighted by Gasteiger charge is -2.32. The van der Waals surface area contributed by atoms with Crippen LogP contribution in [-0.2, 0) is 25.2 Å². The van der Waals surface area contributed by atoms with Crippen molar-refractivity contribution in [2.24, 2.45) is 0 Å². The number of fused-ring (bicyclic) bond motifs is 2. The summed E-state index contributed by atoms with van der Waals surface area (Å²) in [6.45, 7) is -2.25. The van der Waals surface area contributed by atoms with Gasteiger partial charge in [-0.25, -0.2) is 4.68 Å². The lowest BCUT2D eigenvalue weighted by Crippen LogP contribution is -2.44. The molecule has 3 heterocycles. The Morgan fingerprint density at radius 2 is 2.03 bits per heavy atom. The molecule has 1 aromatic carbocycles. The van der Waals surface area contributed by atoms with Gasteiger partial charge in [0.2, 0.25) is 10.6 Å². The number of aliphatic hydroxyl groups excluding tert-OH is 3. The van der Waals surface area contributed by atoms with Gasteiger partial charge in [-0.2, -0.15) is 15.1 Å². The van der Waals surface area contributed by atoms with E-state index < -0.39 is 57.3 Å². The first-order valence-corrected chi connectivity index (χ1v) is 14.1. The smallest absolute Gasteiger partial charge is 0.361 e. The zero-order valence-electron chi connectivity index (χ0n) is 20.8. The predicted octanol–water partition coefficient (Wildman–Crippen LogP) is 0.728. The van der Waals surface area contributed by atoms with Crippen molar-refractivity contribution < 1.29 is 43.9 Å². The molecule has 39 heavy (non-hydrogen) atoms. The van der Waals surface area contributed by atoms with Gasteiger partial charge in [-0.15, -0.1) is 0 Å². The van der Waals surface area contributed by atoms with E-state index in [1.54, 1.807) is 0 Å². The van der Waals surface area contributed by atoms with Crippen molar-refractivity contribution >= 4 is 36.0 Å². The van der Waals surface area contributed by atoms with E-state index in [0.717, 1.165) is 18.4 Å². The number of nitrogens with one attached hydrogen (secondary N) is 1. The molecule has 212 valence electrons. The Hall–Kier alpha value is -2.23. The number of hydrogen-bond acceptors (Lipinski definition) is 11. The lowest BCUT2D eigenvalue weighted by molar-refractivity contribution is -0.125. The maximum absolute atomic E-state index is 12.0. The van der Waals surface area contributed by atoms with Crippen LogP contribution in [0.4, 0.5) is 5.82 Å². The molecular formula is C23H29ClN5O9P. The van der Waals surface area contributed by atoms with E-state index in [-0.39, 0.29) is 17.0 Å². The Labute approximate surface area is 227 Å². The number of hydrogen-bond donors (Lipinski definition) is 6. The second kappa shape index (κ2) is 11.0. The normalized spacial score (nSPS) is 26.6. The largest absolute Gasteiger partial charge is 0.393 e. The third kappa shape index (κ3) is 5.18. The zero-order valence-corrected chi connectivity index (χ0v) is 22.4. The summed E-state index contributed by atoms with van der Waals surface area (Å²) in [5.41, 5.74) is 2.65. The Morgan fingerprint density at radius 3 is 2.74 bits per heavy atom. The number of benzene rings is 1. The second-order valence-electron chi connectivity index (χ2n) is 9.54. The van der Waals surface area contributed by atoms with Crippen molar-refractivity contribution in [3.63, 3.8) is 0 Å². The number of aryl methyl sites for hydroxylation is 1. The highest BCUT2D eigenvalue weighted by Crippen LogP contribution is 2.51. The molecule has 1 aliphatic carbocycles. The van der Waals surface area contributed by atoms with Crippen molar-refractivity contribution in [1.82, 2.24) is 19.7 Å². The molecule has 1 saturated heterocycles. The van der Waals surface area contributed by atoms with Crippen LogP contribution in [0.15, 0.2) is 30.5 Å². The Bertz CT molecular complexity index is 1390. The van der Waals surface area contributed by atoms with Gasteiger partial charge in [-0.05, 0) is 35.6 Å². The fourth-order valence-electron chi connectivity index (χ4n) is 4.99. The van der Waals surface area contributed by atoms with Crippen molar-refractivity contribution in [1.29, 1.82) is 0 Å². The molecule has 2 aliphatic rings. The first-order valence-electron chi connectivity index (χ1n) is 12.1. The van der Waals surface area contributed by atoms with Crippen LogP contribution in [0.1, 0.15) is 29.8 Å². The van der Waals surface area contributed by atoms with Gasteiger partial charge >= 0.3 is 7.60 Å². The Balaban J connectivity index is 1.38. The molecule has 0 bridgehead atoms. The van der Waals surface area contributed by atoms with Crippen LogP contribution in [0.3, 0.4) is 0 Å². The number of ether oxygens (including phenoxy) is 3. The lowest BCUT2D eigenvalue weighted by atomic mass is 10.1. The SMILES string of the molecule is COCC(CO)(OC[C@H]1O[C@@H](n2ncc3c(N[C@@H]4CCc5ccccc54)nc(Cl)nc32)[C@H](O)[C@@H]1O)P(=O)(O)O. The van der Waals surface area contributed by atoms with E-state index in [1.165, 1.54) is 23.6 Å². The summed E-state index contributed by atoms with van der Waals surface area (Å²) >= 11 is 6.24. The van der Waals surface area contributed by atoms with Crippen molar-refractivity contribution in [2.45, 2.75) is 48.8 Å². The predicted molar refractivity (Wildman–Crippen MR) is 137 cm³/mol. The summed E-state index contributed by atoms with van der Waals surface area (Å²) < 4.78 is 29.3. The summed E-state index contributed by atoms with van der Waals surface area (Å²) in [5, 5.41) is 36.9. The van der Waals surface area contributed by atoms with Crippen molar-refractivity contribution in [2.75, 3.05) is 32.2 Å². The highest BCUT2D eigenvalue weighted by atomic mass is 35.5. The van der Waals surface area contributed by atoms with E-state index in [9.17, 15) is 29.7 Å². The summed E-state index contributed by atoms with van der Waals surface area (Å²) in [6, 6.07) is 8.12. The van der Waals surface area contributed by atoms with Gasteiger partial charge in [0, 0.05) is 7.11 Å². The molecule has 2 aromatic heterocycles. The quantitative estimate of drug-likeness (QED) is 0.144. The minimum Gasteiger partial charge on any atom is -0.393 e. The van der Waals surface area contributed by atoms with Gasteiger partial charge < -0.3 is 44.6 Å². The molecule has 16 heteroatoms. The van der Waals surface area contributed by atoms with Crippen molar-refractivity contribution in [3.05, 3.63) is 46.9 Å². The number of nitrogens with zero attached hydrogens (tertiary/aromatic N) is 4. The molecule has 14 nitrogen and oxygen atoms in total. The first kappa shape index (κ1) is 28.3. The molecule has 3 aromatic rings.